The monoisotopic (exact) mass is 172 g/mol. The number of nitriles is 2. The highest BCUT2D eigenvalue weighted by molar-refractivity contribution is 4.99. The van der Waals surface area contributed by atoms with E-state index in [1.165, 1.54) is 0 Å². The fourth-order valence-electron chi connectivity index (χ4n) is 0.631. The zero-order valence-electron chi connectivity index (χ0n) is 7.48. The molecule has 0 bridgehead atoms. The Morgan fingerprint density at radius 2 is 1.00 bits per heavy atom. The second kappa shape index (κ2) is 10.2. The van der Waals surface area contributed by atoms with Crippen LogP contribution in [0, 0.1) is 22.7 Å². The van der Waals surface area contributed by atoms with Gasteiger partial charge in [-0.25, -0.2) is 0 Å². The smallest absolute Gasteiger partial charge is 0.0622 e. The Bertz CT molecular complexity index is 226. The van der Waals surface area contributed by atoms with Crippen molar-refractivity contribution in [3.05, 3.63) is 36.4 Å². The quantitative estimate of drug-likeness (QED) is 0.644. The maximum Gasteiger partial charge on any atom is 0.0622 e. The molecule has 0 saturated heterocycles. The Labute approximate surface area is 79.0 Å². The highest BCUT2D eigenvalue weighted by Gasteiger charge is 1.79. The molecule has 0 aliphatic heterocycles. The fraction of sp³-hybridized carbons (Fsp3) is 0.273. The molecule has 13 heavy (non-hydrogen) atoms. The minimum Gasteiger partial charge on any atom is -0.198 e. The van der Waals surface area contributed by atoms with Gasteiger partial charge in [-0.15, -0.1) is 0 Å². The molecule has 0 aliphatic rings. The van der Waals surface area contributed by atoms with Crippen molar-refractivity contribution >= 4 is 0 Å². The average Bonchev–Trinajstić information content (AvgIpc) is 2.22. The van der Waals surface area contributed by atoms with Crippen LogP contribution in [0.15, 0.2) is 36.4 Å². The normalized spacial score (nSPS) is 7.23. The van der Waals surface area contributed by atoms with E-state index in [1.807, 2.05) is 48.5 Å². The third-order valence-corrected chi connectivity index (χ3v) is 1.24. The van der Waals surface area contributed by atoms with Gasteiger partial charge < -0.3 is 0 Å². The van der Waals surface area contributed by atoms with E-state index >= 15 is 0 Å². The molecule has 0 amide bonds. The van der Waals surface area contributed by atoms with Crippen LogP contribution < -0.4 is 0 Å². The van der Waals surface area contributed by atoms with Crippen molar-refractivity contribution < 1.29 is 0 Å². The van der Waals surface area contributed by atoms with Gasteiger partial charge in [0.15, 0.2) is 0 Å². The lowest BCUT2D eigenvalue weighted by molar-refractivity contribution is 0.885. The van der Waals surface area contributed by atoms with Gasteiger partial charge in [-0.3, -0.25) is 0 Å². The van der Waals surface area contributed by atoms with Crippen molar-refractivity contribution in [2.75, 3.05) is 0 Å². The number of benzene rings is 1. The van der Waals surface area contributed by atoms with Gasteiger partial charge in [0, 0.05) is 12.8 Å². The van der Waals surface area contributed by atoms with Crippen LogP contribution in [0.4, 0.5) is 0 Å². The van der Waals surface area contributed by atoms with Gasteiger partial charge >= 0.3 is 0 Å². The third kappa shape index (κ3) is 10.2. The van der Waals surface area contributed by atoms with Crippen molar-refractivity contribution in [2.45, 2.75) is 19.3 Å². The molecule has 0 N–H and O–H groups in total. The molecule has 1 aromatic rings. The first-order valence-electron chi connectivity index (χ1n) is 4.15. The summed E-state index contributed by atoms with van der Waals surface area (Å²) < 4.78 is 0. The van der Waals surface area contributed by atoms with Crippen molar-refractivity contribution in [3.8, 4) is 12.1 Å². The van der Waals surface area contributed by atoms with Gasteiger partial charge in [0.1, 0.15) is 0 Å². The molecule has 0 radical (unpaired) electrons. The summed E-state index contributed by atoms with van der Waals surface area (Å²) in [6.45, 7) is 0. The maximum atomic E-state index is 7.93. The van der Waals surface area contributed by atoms with Gasteiger partial charge in [0.2, 0.25) is 0 Å². The zero-order chi connectivity index (χ0) is 9.78. The second-order valence-electron chi connectivity index (χ2n) is 2.32. The van der Waals surface area contributed by atoms with Gasteiger partial charge in [-0.1, -0.05) is 36.4 Å². The van der Waals surface area contributed by atoms with E-state index in [1.54, 1.807) is 0 Å². The largest absolute Gasteiger partial charge is 0.198 e. The van der Waals surface area contributed by atoms with E-state index in [4.69, 9.17) is 10.5 Å². The second-order valence-corrected chi connectivity index (χ2v) is 2.32. The highest BCUT2D eigenvalue weighted by Crippen LogP contribution is 1.89. The molecule has 0 aromatic heterocycles. The Morgan fingerprint density at radius 1 is 0.692 bits per heavy atom. The summed E-state index contributed by atoms with van der Waals surface area (Å²) in [5.74, 6) is 0. The van der Waals surface area contributed by atoms with Crippen LogP contribution in [-0.4, -0.2) is 0 Å². The third-order valence-electron chi connectivity index (χ3n) is 1.24. The van der Waals surface area contributed by atoms with Crippen molar-refractivity contribution in [1.29, 1.82) is 10.5 Å². The molecule has 0 atom stereocenters. The number of hydrogen-bond donors (Lipinski definition) is 0. The summed E-state index contributed by atoms with van der Waals surface area (Å²) in [7, 11) is 0. The summed E-state index contributed by atoms with van der Waals surface area (Å²) in [5, 5.41) is 15.9. The molecule has 1 rings (SSSR count). The maximum absolute atomic E-state index is 7.93. The predicted octanol–water partition coefficient (Wildman–Crippen LogP) is 2.89. The number of hydrogen-bond acceptors (Lipinski definition) is 2. The van der Waals surface area contributed by atoms with Crippen LogP contribution in [0.2, 0.25) is 0 Å². The molecular weight excluding hydrogens is 160 g/mol. The van der Waals surface area contributed by atoms with Crippen molar-refractivity contribution in [2.24, 2.45) is 0 Å². The topological polar surface area (TPSA) is 47.6 Å². The molecular formula is C11H12N2. The molecule has 66 valence electrons. The van der Waals surface area contributed by atoms with Crippen LogP contribution in [0.1, 0.15) is 19.3 Å². The van der Waals surface area contributed by atoms with Gasteiger partial charge in [-0.05, 0) is 6.42 Å². The van der Waals surface area contributed by atoms with E-state index < -0.39 is 0 Å². The Morgan fingerprint density at radius 3 is 1.23 bits per heavy atom. The van der Waals surface area contributed by atoms with E-state index in [0.29, 0.717) is 19.3 Å². The lowest BCUT2D eigenvalue weighted by Crippen LogP contribution is -1.65. The number of rotatable bonds is 2. The van der Waals surface area contributed by atoms with Gasteiger partial charge in [-0.2, -0.15) is 10.5 Å². The zero-order valence-corrected chi connectivity index (χ0v) is 7.48. The predicted molar refractivity (Wildman–Crippen MR) is 51.5 cm³/mol. The SMILES string of the molecule is N#CCCCC#N.c1ccccc1. The summed E-state index contributed by atoms with van der Waals surface area (Å²) in [6.07, 6.45) is 1.73. The molecule has 0 saturated carbocycles. The lowest BCUT2D eigenvalue weighted by atomic mass is 10.3. The summed E-state index contributed by atoms with van der Waals surface area (Å²) in [6, 6.07) is 15.9. The van der Waals surface area contributed by atoms with E-state index in [-0.39, 0.29) is 0 Å². The van der Waals surface area contributed by atoms with E-state index in [2.05, 4.69) is 0 Å². The Kier molecular flexibility index (Phi) is 8.79. The molecule has 0 spiro atoms. The van der Waals surface area contributed by atoms with Crippen LogP contribution in [-0.2, 0) is 0 Å². The van der Waals surface area contributed by atoms with E-state index in [9.17, 15) is 0 Å². The summed E-state index contributed by atoms with van der Waals surface area (Å²) >= 11 is 0. The standard InChI is InChI=1S/C6H6.C5H6N2/c1-2-4-6-5-3-1;6-4-2-1-3-5-7/h1-6H;1-3H2. The first-order valence-corrected chi connectivity index (χ1v) is 4.15. The molecule has 2 heteroatoms. The molecule has 0 aliphatic carbocycles. The fourth-order valence-corrected chi connectivity index (χ4v) is 0.631. The first-order chi connectivity index (χ1) is 6.41. The van der Waals surface area contributed by atoms with Gasteiger partial charge in [0.05, 0.1) is 12.1 Å². The van der Waals surface area contributed by atoms with Crippen molar-refractivity contribution in [3.63, 3.8) is 0 Å². The van der Waals surface area contributed by atoms with Crippen LogP contribution >= 0.6 is 0 Å². The van der Waals surface area contributed by atoms with Gasteiger partial charge in [0.25, 0.3) is 0 Å². The molecule has 0 heterocycles. The Balaban J connectivity index is 0.000000223. The number of nitrogens with zero attached hydrogens (tertiary/aromatic N) is 2. The highest BCUT2D eigenvalue weighted by atomic mass is 14.2. The molecule has 2 nitrogen and oxygen atoms in total. The van der Waals surface area contributed by atoms with Crippen LogP contribution in [0.3, 0.4) is 0 Å². The molecule has 0 unspecified atom stereocenters. The average molecular weight is 172 g/mol. The first kappa shape index (κ1) is 11.2. The van der Waals surface area contributed by atoms with Crippen LogP contribution in [0.5, 0.6) is 0 Å². The summed E-state index contributed by atoms with van der Waals surface area (Å²) in [5.41, 5.74) is 0. The summed E-state index contributed by atoms with van der Waals surface area (Å²) in [4.78, 5) is 0. The molecule has 0 fully saturated rings. The minimum absolute atomic E-state index is 0.508. The minimum atomic E-state index is 0.508. The number of unbranched alkanes of at least 4 members (excludes halogenated alkanes) is 2. The van der Waals surface area contributed by atoms with Crippen molar-refractivity contribution in [1.82, 2.24) is 0 Å². The Hall–Kier alpha value is -1.80. The van der Waals surface area contributed by atoms with Crippen LogP contribution in [0.25, 0.3) is 0 Å². The van der Waals surface area contributed by atoms with E-state index in [0.717, 1.165) is 0 Å². The lowest BCUT2D eigenvalue weighted by Gasteiger charge is -1.75. The molecule has 1 aromatic carbocycles.